The summed E-state index contributed by atoms with van der Waals surface area (Å²) in [6.07, 6.45) is 2.38. The van der Waals surface area contributed by atoms with E-state index in [9.17, 15) is 4.79 Å². The first-order chi connectivity index (χ1) is 8.34. The van der Waals surface area contributed by atoms with Crippen LogP contribution in [-0.2, 0) is 0 Å². The molecule has 0 amide bonds. The maximum atomic E-state index is 12.1. The SMILES string of the molecule is O=C(CN1CC[N+]2=C1CCC2)c1ccccc1. The standard InChI is InChI=1S/C14H17N2O/c17-13(12-5-2-1-3-6-12)11-16-10-9-15-8-4-7-14(15)16/h1-3,5-6H,4,7-11H2/q+1. The lowest BCUT2D eigenvalue weighted by atomic mass is 10.1. The summed E-state index contributed by atoms with van der Waals surface area (Å²) in [5, 5.41) is 0. The molecule has 2 heterocycles. The third kappa shape index (κ3) is 1.97. The van der Waals surface area contributed by atoms with Crippen LogP contribution in [0.3, 0.4) is 0 Å². The number of hydrogen-bond donors (Lipinski definition) is 0. The lowest BCUT2D eigenvalue weighted by Crippen LogP contribution is -2.33. The molecule has 0 spiro atoms. The van der Waals surface area contributed by atoms with E-state index in [1.165, 1.54) is 18.8 Å². The van der Waals surface area contributed by atoms with Gasteiger partial charge < -0.3 is 0 Å². The second-order valence-electron chi connectivity index (χ2n) is 4.72. The van der Waals surface area contributed by atoms with E-state index in [2.05, 4.69) is 9.48 Å². The molecule has 1 aromatic rings. The van der Waals surface area contributed by atoms with Gasteiger partial charge in [-0.2, -0.15) is 0 Å². The van der Waals surface area contributed by atoms with Crippen molar-refractivity contribution in [3.8, 4) is 0 Å². The molecule has 0 aromatic heterocycles. The summed E-state index contributed by atoms with van der Waals surface area (Å²) in [6.45, 7) is 3.81. The zero-order chi connectivity index (χ0) is 11.7. The highest BCUT2D eigenvalue weighted by molar-refractivity contribution is 5.99. The van der Waals surface area contributed by atoms with Gasteiger partial charge in [-0.25, -0.2) is 0 Å². The summed E-state index contributed by atoms with van der Waals surface area (Å²) in [7, 11) is 0. The van der Waals surface area contributed by atoms with Gasteiger partial charge >= 0.3 is 0 Å². The topological polar surface area (TPSA) is 23.3 Å². The second-order valence-corrected chi connectivity index (χ2v) is 4.72. The van der Waals surface area contributed by atoms with Gasteiger partial charge in [0.1, 0.15) is 19.6 Å². The Morgan fingerprint density at radius 2 is 2.06 bits per heavy atom. The number of amidine groups is 1. The van der Waals surface area contributed by atoms with E-state index in [0.717, 1.165) is 25.1 Å². The minimum Gasteiger partial charge on any atom is -0.290 e. The number of carbonyl (C=O) groups is 1. The average molecular weight is 229 g/mol. The van der Waals surface area contributed by atoms with E-state index >= 15 is 0 Å². The van der Waals surface area contributed by atoms with E-state index in [-0.39, 0.29) is 5.78 Å². The van der Waals surface area contributed by atoms with Crippen LogP contribution >= 0.6 is 0 Å². The molecule has 3 nitrogen and oxygen atoms in total. The molecule has 2 aliphatic rings. The number of Topliss-reactive ketones (excluding diaryl/α,β-unsaturated/α-hetero) is 1. The van der Waals surface area contributed by atoms with Crippen molar-refractivity contribution in [3.05, 3.63) is 35.9 Å². The molecule has 0 bridgehead atoms. The minimum absolute atomic E-state index is 0.229. The van der Waals surface area contributed by atoms with E-state index in [1.807, 2.05) is 30.3 Å². The molecule has 3 rings (SSSR count). The number of ketones is 1. The number of hydrogen-bond acceptors (Lipinski definition) is 2. The van der Waals surface area contributed by atoms with Gasteiger partial charge in [-0.05, 0) is 6.42 Å². The van der Waals surface area contributed by atoms with E-state index in [4.69, 9.17) is 0 Å². The first-order valence-electron chi connectivity index (χ1n) is 6.28. The molecule has 0 saturated heterocycles. The van der Waals surface area contributed by atoms with Crippen molar-refractivity contribution >= 4 is 11.6 Å². The molecule has 0 N–H and O–H groups in total. The molecular weight excluding hydrogens is 212 g/mol. The average Bonchev–Trinajstić information content (AvgIpc) is 2.95. The first-order valence-corrected chi connectivity index (χ1v) is 6.28. The molecule has 0 unspecified atom stereocenters. The maximum Gasteiger partial charge on any atom is 0.247 e. The van der Waals surface area contributed by atoms with Crippen LogP contribution in [-0.4, -0.2) is 47.3 Å². The zero-order valence-electron chi connectivity index (χ0n) is 9.93. The molecule has 0 atom stereocenters. The number of carbonyl (C=O) groups excluding carboxylic acids is 1. The first kappa shape index (κ1) is 10.5. The minimum atomic E-state index is 0.229. The zero-order valence-corrected chi connectivity index (χ0v) is 9.93. The molecule has 88 valence electrons. The van der Waals surface area contributed by atoms with Gasteiger partial charge in [0.2, 0.25) is 11.6 Å². The lowest BCUT2D eigenvalue weighted by Gasteiger charge is -2.10. The van der Waals surface area contributed by atoms with Crippen LogP contribution in [0.25, 0.3) is 0 Å². The summed E-state index contributed by atoms with van der Waals surface area (Å²) in [5.41, 5.74) is 0.824. The van der Waals surface area contributed by atoms with Gasteiger partial charge in [-0.1, -0.05) is 30.3 Å². The Morgan fingerprint density at radius 3 is 2.88 bits per heavy atom. The van der Waals surface area contributed by atoms with Gasteiger partial charge in [0.05, 0.1) is 13.0 Å². The number of nitrogens with zero attached hydrogens (tertiary/aromatic N) is 2. The van der Waals surface area contributed by atoms with Crippen molar-refractivity contribution in [2.24, 2.45) is 0 Å². The van der Waals surface area contributed by atoms with Crippen LogP contribution < -0.4 is 0 Å². The largest absolute Gasteiger partial charge is 0.290 e. The fourth-order valence-electron chi connectivity index (χ4n) is 2.74. The Hall–Kier alpha value is -1.64. The number of benzene rings is 1. The van der Waals surface area contributed by atoms with Crippen molar-refractivity contribution in [1.29, 1.82) is 0 Å². The Bertz CT molecular complexity index is 464. The van der Waals surface area contributed by atoms with Gasteiger partial charge in [-0.3, -0.25) is 14.3 Å². The molecular formula is C14H17N2O+. The van der Waals surface area contributed by atoms with E-state index in [0.29, 0.717) is 6.54 Å². The molecule has 17 heavy (non-hydrogen) atoms. The Labute approximate surface area is 101 Å². The van der Waals surface area contributed by atoms with E-state index in [1.54, 1.807) is 0 Å². The monoisotopic (exact) mass is 229 g/mol. The smallest absolute Gasteiger partial charge is 0.247 e. The maximum absolute atomic E-state index is 12.1. The third-order valence-corrected chi connectivity index (χ3v) is 3.63. The summed E-state index contributed by atoms with van der Waals surface area (Å²) in [6, 6.07) is 9.59. The van der Waals surface area contributed by atoms with Crippen molar-refractivity contribution < 1.29 is 9.37 Å². The van der Waals surface area contributed by atoms with Gasteiger partial charge in [-0.15, -0.1) is 0 Å². The van der Waals surface area contributed by atoms with Gasteiger partial charge in [0.25, 0.3) is 0 Å². The van der Waals surface area contributed by atoms with Gasteiger partial charge in [0, 0.05) is 5.56 Å². The summed E-state index contributed by atoms with van der Waals surface area (Å²) < 4.78 is 2.41. The summed E-state index contributed by atoms with van der Waals surface area (Å²) in [5.74, 6) is 1.61. The normalized spacial score (nSPS) is 18.7. The van der Waals surface area contributed by atoms with Crippen LogP contribution in [0.15, 0.2) is 30.3 Å². The highest BCUT2D eigenvalue weighted by Gasteiger charge is 2.34. The van der Waals surface area contributed by atoms with Crippen molar-refractivity contribution in [2.75, 3.05) is 26.2 Å². The van der Waals surface area contributed by atoms with Crippen LogP contribution in [0.5, 0.6) is 0 Å². The molecule has 0 radical (unpaired) electrons. The van der Waals surface area contributed by atoms with Crippen LogP contribution in [0.2, 0.25) is 0 Å². The van der Waals surface area contributed by atoms with Crippen LogP contribution in [0.4, 0.5) is 0 Å². The fraction of sp³-hybridized carbons (Fsp3) is 0.429. The molecule has 2 aliphatic heterocycles. The van der Waals surface area contributed by atoms with E-state index < -0.39 is 0 Å². The predicted octanol–water partition coefficient (Wildman–Crippen LogP) is 1.39. The Balaban J connectivity index is 1.70. The lowest BCUT2D eigenvalue weighted by molar-refractivity contribution is -0.510. The predicted molar refractivity (Wildman–Crippen MR) is 66.6 cm³/mol. The molecule has 0 saturated carbocycles. The van der Waals surface area contributed by atoms with Crippen LogP contribution in [0, 0.1) is 0 Å². The molecule has 1 aromatic carbocycles. The highest BCUT2D eigenvalue weighted by Crippen LogP contribution is 2.15. The van der Waals surface area contributed by atoms with Gasteiger partial charge in [0.15, 0.2) is 0 Å². The summed E-state index contributed by atoms with van der Waals surface area (Å²) in [4.78, 5) is 14.4. The molecule has 0 aliphatic carbocycles. The highest BCUT2D eigenvalue weighted by atomic mass is 16.1. The van der Waals surface area contributed by atoms with Crippen LogP contribution in [0.1, 0.15) is 23.2 Å². The Morgan fingerprint density at radius 1 is 1.24 bits per heavy atom. The third-order valence-electron chi connectivity index (χ3n) is 3.63. The van der Waals surface area contributed by atoms with Crippen molar-refractivity contribution in [2.45, 2.75) is 12.8 Å². The second kappa shape index (κ2) is 4.32. The number of rotatable bonds is 3. The van der Waals surface area contributed by atoms with Crippen molar-refractivity contribution in [3.63, 3.8) is 0 Å². The molecule has 3 heteroatoms. The summed E-state index contributed by atoms with van der Waals surface area (Å²) >= 11 is 0. The quantitative estimate of drug-likeness (QED) is 0.577. The molecule has 0 fully saturated rings. The Kier molecular flexibility index (Phi) is 2.67. The fourth-order valence-corrected chi connectivity index (χ4v) is 2.74. The van der Waals surface area contributed by atoms with Crippen molar-refractivity contribution in [1.82, 2.24) is 4.90 Å².